The average Bonchev–Trinajstić information content (AvgIpc) is 2.47. The molecule has 5 heteroatoms. The Bertz CT molecular complexity index is 474. The van der Waals surface area contributed by atoms with Crippen LogP contribution in [0.15, 0.2) is 30.3 Å². The lowest BCUT2D eigenvalue weighted by atomic mass is 9.97. The van der Waals surface area contributed by atoms with Gasteiger partial charge in [0.25, 0.3) is 0 Å². The zero-order valence-electron chi connectivity index (χ0n) is 11.4. The summed E-state index contributed by atoms with van der Waals surface area (Å²) in [6.45, 7) is 1.96. The highest BCUT2D eigenvalue weighted by molar-refractivity contribution is 5.96. The highest BCUT2D eigenvalue weighted by Gasteiger charge is 2.28. The van der Waals surface area contributed by atoms with Crippen molar-refractivity contribution in [1.82, 2.24) is 5.32 Å². The van der Waals surface area contributed by atoms with E-state index in [2.05, 4.69) is 5.32 Å². The summed E-state index contributed by atoms with van der Waals surface area (Å²) in [4.78, 5) is 22.5. The van der Waals surface area contributed by atoms with E-state index < -0.39 is 17.8 Å². The molecule has 20 heavy (non-hydrogen) atoms. The van der Waals surface area contributed by atoms with Crippen LogP contribution >= 0.6 is 0 Å². The molecule has 1 aliphatic heterocycles. The van der Waals surface area contributed by atoms with Crippen LogP contribution < -0.4 is 5.32 Å². The van der Waals surface area contributed by atoms with Gasteiger partial charge in [0.15, 0.2) is 0 Å². The van der Waals surface area contributed by atoms with Crippen LogP contribution in [0.25, 0.3) is 0 Å². The molecule has 3 unspecified atom stereocenters. The van der Waals surface area contributed by atoms with Gasteiger partial charge in [-0.1, -0.05) is 30.3 Å². The standard InChI is InChI=1S/C15H19NO4/c1-10(15(18)19)14(17)16-12-7-8-20-13(9-12)11-5-3-2-4-6-11/h2-6,10,12-13H,7-9H2,1H3,(H,16,17)(H,18,19). The summed E-state index contributed by atoms with van der Waals surface area (Å²) < 4.78 is 5.72. The summed E-state index contributed by atoms with van der Waals surface area (Å²) in [5.41, 5.74) is 1.08. The zero-order valence-corrected chi connectivity index (χ0v) is 11.4. The summed E-state index contributed by atoms with van der Waals surface area (Å²) >= 11 is 0. The Balaban J connectivity index is 1.94. The number of aliphatic carboxylic acids is 1. The Morgan fingerprint density at radius 3 is 2.70 bits per heavy atom. The molecule has 3 atom stereocenters. The molecule has 1 heterocycles. The molecule has 1 amide bonds. The van der Waals surface area contributed by atoms with E-state index in [4.69, 9.17) is 9.84 Å². The topological polar surface area (TPSA) is 75.6 Å². The van der Waals surface area contributed by atoms with Gasteiger partial charge in [-0.2, -0.15) is 0 Å². The first-order valence-electron chi connectivity index (χ1n) is 6.77. The first-order chi connectivity index (χ1) is 9.58. The van der Waals surface area contributed by atoms with Crippen LogP contribution in [-0.4, -0.2) is 29.6 Å². The zero-order chi connectivity index (χ0) is 14.5. The minimum absolute atomic E-state index is 0.0387. The van der Waals surface area contributed by atoms with E-state index in [0.29, 0.717) is 19.4 Å². The van der Waals surface area contributed by atoms with E-state index >= 15 is 0 Å². The Kier molecular flexibility index (Phi) is 4.74. The Labute approximate surface area is 117 Å². The smallest absolute Gasteiger partial charge is 0.315 e. The molecule has 1 aromatic carbocycles. The number of hydrogen-bond donors (Lipinski definition) is 2. The summed E-state index contributed by atoms with van der Waals surface area (Å²) in [5.74, 6) is -2.56. The number of amides is 1. The van der Waals surface area contributed by atoms with E-state index in [-0.39, 0.29) is 12.1 Å². The summed E-state index contributed by atoms with van der Waals surface area (Å²) in [6.07, 6.45) is 1.33. The van der Waals surface area contributed by atoms with Crippen molar-refractivity contribution in [3.63, 3.8) is 0 Å². The molecule has 1 saturated heterocycles. The number of carbonyl (C=O) groups excluding carboxylic acids is 1. The maximum atomic E-state index is 11.8. The van der Waals surface area contributed by atoms with Crippen LogP contribution in [0.2, 0.25) is 0 Å². The number of nitrogens with one attached hydrogen (secondary N) is 1. The summed E-state index contributed by atoms with van der Waals surface area (Å²) in [6, 6.07) is 9.80. The Hall–Kier alpha value is -1.88. The van der Waals surface area contributed by atoms with Crippen LogP contribution in [0.5, 0.6) is 0 Å². The van der Waals surface area contributed by atoms with Gasteiger partial charge in [0.1, 0.15) is 5.92 Å². The van der Waals surface area contributed by atoms with Crippen molar-refractivity contribution < 1.29 is 19.4 Å². The normalized spacial score (nSPS) is 23.9. The first-order valence-corrected chi connectivity index (χ1v) is 6.77. The van der Waals surface area contributed by atoms with E-state index in [0.717, 1.165) is 5.56 Å². The van der Waals surface area contributed by atoms with E-state index in [1.54, 1.807) is 0 Å². The van der Waals surface area contributed by atoms with Crippen LogP contribution in [0.1, 0.15) is 31.4 Å². The molecule has 0 aliphatic carbocycles. The molecule has 0 radical (unpaired) electrons. The predicted octanol–water partition coefficient (Wildman–Crippen LogP) is 1.74. The largest absolute Gasteiger partial charge is 0.481 e. The van der Waals surface area contributed by atoms with Crippen molar-refractivity contribution >= 4 is 11.9 Å². The lowest BCUT2D eigenvalue weighted by Gasteiger charge is -2.30. The SMILES string of the molecule is CC(C(=O)O)C(=O)NC1CCOC(c2ccccc2)C1. The number of carboxylic acids is 1. The van der Waals surface area contributed by atoms with E-state index in [1.165, 1.54) is 6.92 Å². The number of hydrogen-bond acceptors (Lipinski definition) is 3. The molecule has 108 valence electrons. The van der Waals surface area contributed by atoms with Crippen LogP contribution in [0.3, 0.4) is 0 Å². The summed E-state index contributed by atoms with van der Waals surface area (Å²) in [7, 11) is 0. The van der Waals surface area contributed by atoms with Crippen LogP contribution in [-0.2, 0) is 14.3 Å². The number of carbonyl (C=O) groups is 2. The lowest BCUT2D eigenvalue weighted by molar-refractivity contribution is -0.146. The van der Waals surface area contributed by atoms with Gasteiger partial charge in [0, 0.05) is 12.6 Å². The van der Waals surface area contributed by atoms with Crippen molar-refractivity contribution in [2.45, 2.75) is 31.9 Å². The highest BCUT2D eigenvalue weighted by atomic mass is 16.5. The van der Waals surface area contributed by atoms with Gasteiger partial charge in [0.2, 0.25) is 5.91 Å². The maximum absolute atomic E-state index is 11.8. The first kappa shape index (κ1) is 14.5. The molecule has 2 rings (SSSR count). The van der Waals surface area contributed by atoms with Crippen molar-refractivity contribution in [3.8, 4) is 0 Å². The van der Waals surface area contributed by atoms with Crippen molar-refractivity contribution in [3.05, 3.63) is 35.9 Å². The predicted molar refractivity (Wildman–Crippen MR) is 73.1 cm³/mol. The molecule has 1 aliphatic rings. The fraction of sp³-hybridized carbons (Fsp3) is 0.467. The molecule has 2 N–H and O–H groups in total. The van der Waals surface area contributed by atoms with Crippen molar-refractivity contribution in [2.24, 2.45) is 5.92 Å². The van der Waals surface area contributed by atoms with Gasteiger partial charge < -0.3 is 15.2 Å². The van der Waals surface area contributed by atoms with E-state index in [1.807, 2.05) is 30.3 Å². The van der Waals surface area contributed by atoms with Gasteiger partial charge >= 0.3 is 5.97 Å². The van der Waals surface area contributed by atoms with E-state index in [9.17, 15) is 9.59 Å². The second-order valence-electron chi connectivity index (χ2n) is 5.06. The molecule has 0 saturated carbocycles. The highest BCUT2D eigenvalue weighted by Crippen LogP contribution is 2.27. The quantitative estimate of drug-likeness (QED) is 0.822. The minimum Gasteiger partial charge on any atom is -0.481 e. The van der Waals surface area contributed by atoms with Crippen LogP contribution in [0, 0.1) is 5.92 Å². The summed E-state index contributed by atoms with van der Waals surface area (Å²) in [5, 5.41) is 11.6. The number of ether oxygens (including phenoxy) is 1. The molecule has 1 fully saturated rings. The molecule has 0 spiro atoms. The van der Waals surface area contributed by atoms with Gasteiger partial charge in [-0.3, -0.25) is 9.59 Å². The molecule has 5 nitrogen and oxygen atoms in total. The number of benzene rings is 1. The monoisotopic (exact) mass is 277 g/mol. The van der Waals surface area contributed by atoms with Gasteiger partial charge in [-0.25, -0.2) is 0 Å². The molecule has 0 aromatic heterocycles. The lowest BCUT2D eigenvalue weighted by Crippen LogP contribution is -2.43. The molecule has 1 aromatic rings. The minimum atomic E-state index is -1.10. The third-order valence-electron chi connectivity index (χ3n) is 3.57. The van der Waals surface area contributed by atoms with Gasteiger partial charge in [-0.15, -0.1) is 0 Å². The molecular weight excluding hydrogens is 258 g/mol. The fourth-order valence-corrected chi connectivity index (χ4v) is 2.27. The number of rotatable bonds is 4. The second kappa shape index (κ2) is 6.52. The second-order valence-corrected chi connectivity index (χ2v) is 5.06. The molecular formula is C15H19NO4. The van der Waals surface area contributed by atoms with Crippen molar-refractivity contribution in [2.75, 3.05) is 6.61 Å². The van der Waals surface area contributed by atoms with Gasteiger partial charge in [-0.05, 0) is 25.3 Å². The fourth-order valence-electron chi connectivity index (χ4n) is 2.27. The number of carboxylic acid groups (broad SMARTS) is 1. The Morgan fingerprint density at radius 1 is 1.35 bits per heavy atom. The third kappa shape index (κ3) is 3.57. The molecule has 0 bridgehead atoms. The van der Waals surface area contributed by atoms with Crippen LogP contribution in [0.4, 0.5) is 0 Å². The third-order valence-corrected chi connectivity index (χ3v) is 3.57. The average molecular weight is 277 g/mol. The maximum Gasteiger partial charge on any atom is 0.315 e. The van der Waals surface area contributed by atoms with Crippen molar-refractivity contribution in [1.29, 1.82) is 0 Å². The Morgan fingerprint density at radius 2 is 2.05 bits per heavy atom. The van der Waals surface area contributed by atoms with Gasteiger partial charge in [0.05, 0.1) is 6.10 Å².